The van der Waals surface area contributed by atoms with Crippen molar-refractivity contribution < 1.29 is 9.53 Å². The number of piperazine rings is 1. The highest BCUT2D eigenvalue weighted by molar-refractivity contribution is 5.78. The molecule has 1 fully saturated rings. The topological polar surface area (TPSA) is 63.5 Å². The van der Waals surface area contributed by atoms with Crippen LogP contribution in [0.15, 0.2) is 36.9 Å². The average molecular weight is 343 g/mol. The van der Waals surface area contributed by atoms with Gasteiger partial charge in [-0.3, -0.25) is 14.4 Å². The number of rotatable bonds is 7. The molecule has 3 rings (SSSR count). The van der Waals surface area contributed by atoms with Gasteiger partial charge in [0.05, 0.1) is 19.6 Å². The third kappa shape index (κ3) is 5.03. The molecule has 7 heteroatoms. The second-order valence-corrected chi connectivity index (χ2v) is 6.13. The summed E-state index contributed by atoms with van der Waals surface area (Å²) in [5.41, 5.74) is 1.03. The summed E-state index contributed by atoms with van der Waals surface area (Å²) >= 11 is 0. The number of carbonyl (C=O) groups excluding carboxylic acids is 1. The largest absolute Gasteiger partial charge is 0.494 e. The van der Waals surface area contributed by atoms with E-state index >= 15 is 0 Å². The molecule has 1 aliphatic rings. The van der Waals surface area contributed by atoms with Crippen LogP contribution >= 0.6 is 0 Å². The summed E-state index contributed by atoms with van der Waals surface area (Å²) in [6.45, 7) is 7.76. The number of carbonyl (C=O) groups is 1. The molecule has 0 saturated carbocycles. The van der Waals surface area contributed by atoms with Gasteiger partial charge in [-0.1, -0.05) is 12.1 Å². The summed E-state index contributed by atoms with van der Waals surface area (Å²) in [4.78, 5) is 20.8. The molecule has 1 amide bonds. The molecular weight excluding hydrogens is 318 g/mol. The highest BCUT2D eigenvalue weighted by atomic mass is 16.5. The van der Waals surface area contributed by atoms with Gasteiger partial charge >= 0.3 is 0 Å². The van der Waals surface area contributed by atoms with Crippen LogP contribution in [0.1, 0.15) is 12.5 Å². The van der Waals surface area contributed by atoms with E-state index in [1.807, 2.05) is 40.8 Å². The van der Waals surface area contributed by atoms with Crippen molar-refractivity contribution in [2.24, 2.45) is 0 Å². The van der Waals surface area contributed by atoms with Crippen LogP contribution in [0.25, 0.3) is 0 Å². The summed E-state index contributed by atoms with van der Waals surface area (Å²) in [6.07, 6.45) is 3.74. The summed E-state index contributed by atoms with van der Waals surface area (Å²) in [5.74, 6) is 1.04. The first-order valence-electron chi connectivity index (χ1n) is 8.79. The van der Waals surface area contributed by atoms with E-state index in [2.05, 4.69) is 15.0 Å². The molecular formula is C18H25N5O2. The lowest BCUT2D eigenvalue weighted by atomic mass is 10.1. The van der Waals surface area contributed by atoms with E-state index in [-0.39, 0.29) is 5.91 Å². The van der Waals surface area contributed by atoms with Crippen molar-refractivity contribution in [2.45, 2.75) is 19.9 Å². The van der Waals surface area contributed by atoms with Crippen molar-refractivity contribution in [1.82, 2.24) is 24.6 Å². The Hall–Kier alpha value is -2.41. The number of benzene rings is 1. The SMILES string of the molecule is CCOc1ccc(CC(=O)N2CCN(CCn3cncn3)CC2)cc1. The molecule has 0 radical (unpaired) electrons. The fraction of sp³-hybridized carbons (Fsp3) is 0.500. The fourth-order valence-corrected chi connectivity index (χ4v) is 2.97. The quantitative estimate of drug-likeness (QED) is 0.752. The molecule has 0 N–H and O–H groups in total. The zero-order chi connectivity index (χ0) is 17.5. The standard InChI is InChI=1S/C18H25N5O2/c1-2-25-17-5-3-16(4-6-17)13-18(24)22-10-7-21(8-11-22)9-12-23-15-19-14-20-23/h3-6,14-15H,2,7-13H2,1H3. The maximum absolute atomic E-state index is 12.5. The monoisotopic (exact) mass is 343 g/mol. The Balaban J connectivity index is 1.41. The first-order chi connectivity index (χ1) is 12.2. The molecule has 1 aliphatic heterocycles. The maximum atomic E-state index is 12.5. The van der Waals surface area contributed by atoms with E-state index in [0.29, 0.717) is 13.0 Å². The molecule has 0 spiro atoms. The summed E-state index contributed by atoms with van der Waals surface area (Å²) in [5, 5.41) is 4.11. The number of aromatic nitrogens is 3. The first-order valence-corrected chi connectivity index (χ1v) is 8.79. The van der Waals surface area contributed by atoms with E-state index in [1.54, 1.807) is 12.7 Å². The highest BCUT2D eigenvalue weighted by Crippen LogP contribution is 2.13. The zero-order valence-electron chi connectivity index (χ0n) is 14.7. The van der Waals surface area contributed by atoms with Crippen molar-refractivity contribution >= 4 is 5.91 Å². The van der Waals surface area contributed by atoms with Crippen LogP contribution in [-0.2, 0) is 17.8 Å². The van der Waals surface area contributed by atoms with Crippen LogP contribution in [0.3, 0.4) is 0 Å². The predicted molar refractivity (Wildman–Crippen MR) is 94.4 cm³/mol. The van der Waals surface area contributed by atoms with Gasteiger partial charge in [-0.05, 0) is 24.6 Å². The van der Waals surface area contributed by atoms with Crippen molar-refractivity contribution in [2.75, 3.05) is 39.3 Å². The molecule has 0 aliphatic carbocycles. The normalized spacial score (nSPS) is 15.3. The number of hydrogen-bond acceptors (Lipinski definition) is 5. The number of nitrogens with zero attached hydrogens (tertiary/aromatic N) is 5. The van der Waals surface area contributed by atoms with Gasteiger partial charge in [0.2, 0.25) is 5.91 Å². The van der Waals surface area contributed by atoms with Gasteiger partial charge in [-0.25, -0.2) is 4.98 Å². The molecule has 7 nitrogen and oxygen atoms in total. The fourth-order valence-electron chi connectivity index (χ4n) is 2.97. The molecule has 1 aromatic heterocycles. The molecule has 0 atom stereocenters. The first kappa shape index (κ1) is 17.4. The number of amides is 1. The number of hydrogen-bond donors (Lipinski definition) is 0. The minimum absolute atomic E-state index is 0.195. The van der Waals surface area contributed by atoms with Crippen LogP contribution in [0, 0.1) is 0 Å². The minimum atomic E-state index is 0.195. The van der Waals surface area contributed by atoms with Gasteiger partial charge in [0.1, 0.15) is 18.4 Å². The Morgan fingerprint density at radius 3 is 2.52 bits per heavy atom. The van der Waals surface area contributed by atoms with Gasteiger partial charge in [0, 0.05) is 32.7 Å². The molecule has 25 heavy (non-hydrogen) atoms. The second kappa shape index (κ2) is 8.62. The molecule has 0 bridgehead atoms. The zero-order valence-corrected chi connectivity index (χ0v) is 14.7. The minimum Gasteiger partial charge on any atom is -0.494 e. The van der Waals surface area contributed by atoms with Crippen LogP contribution < -0.4 is 4.74 Å². The van der Waals surface area contributed by atoms with Gasteiger partial charge < -0.3 is 9.64 Å². The Bertz CT molecular complexity index is 649. The van der Waals surface area contributed by atoms with E-state index in [4.69, 9.17) is 4.74 Å². The maximum Gasteiger partial charge on any atom is 0.227 e. The molecule has 2 heterocycles. The van der Waals surface area contributed by atoms with Crippen LogP contribution in [-0.4, -0.2) is 69.8 Å². The molecule has 2 aromatic rings. The van der Waals surface area contributed by atoms with Crippen LogP contribution in [0.4, 0.5) is 0 Å². The summed E-state index contributed by atoms with van der Waals surface area (Å²) in [6, 6.07) is 7.79. The summed E-state index contributed by atoms with van der Waals surface area (Å²) in [7, 11) is 0. The third-order valence-electron chi connectivity index (χ3n) is 4.43. The highest BCUT2D eigenvalue weighted by Gasteiger charge is 2.21. The third-order valence-corrected chi connectivity index (χ3v) is 4.43. The number of ether oxygens (including phenoxy) is 1. The van der Waals surface area contributed by atoms with Gasteiger partial charge in [0.15, 0.2) is 0 Å². The smallest absolute Gasteiger partial charge is 0.227 e. The molecule has 1 saturated heterocycles. The van der Waals surface area contributed by atoms with E-state index in [9.17, 15) is 4.79 Å². The van der Waals surface area contributed by atoms with E-state index in [1.165, 1.54) is 0 Å². The Morgan fingerprint density at radius 1 is 1.12 bits per heavy atom. The molecule has 134 valence electrons. The van der Waals surface area contributed by atoms with Crippen molar-refractivity contribution in [3.8, 4) is 5.75 Å². The van der Waals surface area contributed by atoms with Crippen molar-refractivity contribution in [1.29, 1.82) is 0 Å². The Labute approximate surface area is 148 Å². The summed E-state index contributed by atoms with van der Waals surface area (Å²) < 4.78 is 7.27. The molecule has 0 unspecified atom stereocenters. The van der Waals surface area contributed by atoms with Crippen molar-refractivity contribution in [3.63, 3.8) is 0 Å². The lowest BCUT2D eigenvalue weighted by Crippen LogP contribution is -2.49. The van der Waals surface area contributed by atoms with Crippen LogP contribution in [0.5, 0.6) is 5.75 Å². The second-order valence-electron chi connectivity index (χ2n) is 6.13. The lowest BCUT2D eigenvalue weighted by molar-refractivity contribution is -0.132. The predicted octanol–water partition coefficient (Wildman–Crippen LogP) is 1.06. The van der Waals surface area contributed by atoms with Gasteiger partial charge in [0.25, 0.3) is 0 Å². The van der Waals surface area contributed by atoms with Crippen molar-refractivity contribution in [3.05, 3.63) is 42.5 Å². The molecule has 1 aromatic carbocycles. The Kier molecular flexibility index (Phi) is 6.00. The van der Waals surface area contributed by atoms with E-state index in [0.717, 1.165) is 50.6 Å². The Morgan fingerprint density at radius 2 is 1.88 bits per heavy atom. The lowest BCUT2D eigenvalue weighted by Gasteiger charge is -2.34. The van der Waals surface area contributed by atoms with Gasteiger partial charge in [-0.2, -0.15) is 5.10 Å². The van der Waals surface area contributed by atoms with Crippen LogP contribution in [0.2, 0.25) is 0 Å². The van der Waals surface area contributed by atoms with Gasteiger partial charge in [-0.15, -0.1) is 0 Å². The average Bonchev–Trinajstić information content (AvgIpc) is 3.16. The van der Waals surface area contributed by atoms with E-state index < -0.39 is 0 Å².